The van der Waals surface area contributed by atoms with Gasteiger partial charge in [0, 0.05) is 18.1 Å². The minimum Gasteiger partial charge on any atom is -0.453 e. The molecule has 2 aliphatic carbocycles. The molecule has 142 valence electrons. The molecular weight excluding hydrogens is 330 g/mol. The summed E-state index contributed by atoms with van der Waals surface area (Å²) in [5.74, 6) is 0. The summed E-state index contributed by atoms with van der Waals surface area (Å²) in [6, 6.07) is 1.45. The van der Waals surface area contributed by atoms with E-state index in [4.69, 9.17) is 16.5 Å². The number of hydrogen-bond donors (Lipinski definition) is 5. The van der Waals surface area contributed by atoms with E-state index in [0.717, 1.165) is 51.4 Å². The predicted octanol–water partition coefficient (Wildman–Crippen LogP) is 0.990. The molecule has 7 nitrogen and oxygen atoms in total. The van der Waals surface area contributed by atoms with Crippen molar-refractivity contribution in [2.45, 2.75) is 82.4 Å². The van der Waals surface area contributed by atoms with Crippen LogP contribution < -0.4 is 22.0 Å². The lowest BCUT2D eigenvalue weighted by molar-refractivity contribution is 0.162. The summed E-state index contributed by atoms with van der Waals surface area (Å²) in [4.78, 5) is 10.8. The Hall–Kier alpha value is -0.535. The lowest BCUT2D eigenvalue weighted by atomic mass is 9.82. The largest absolute Gasteiger partial charge is 0.453 e. The summed E-state index contributed by atoms with van der Waals surface area (Å²) in [6.45, 7) is 1.76. The highest BCUT2D eigenvalue weighted by Crippen LogP contribution is 2.17. The van der Waals surface area contributed by atoms with E-state index >= 15 is 0 Å². The summed E-state index contributed by atoms with van der Waals surface area (Å²) in [6.07, 6.45) is 7.97. The van der Waals surface area contributed by atoms with Crippen LogP contribution in [0, 0.1) is 0 Å². The maximum absolute atomic E-state index is 10.8. The van der Waals surface area contributed by atoms with E-state index in [9.17, 15) is 4.79 Å². The van der Waals surface area contributed by atoms with E-state index in [-0.39, 0.29) is 31.6 Å². The highest BCUT2D eigenvalue weighted by atomic mass is 35.5. The predicted molar refractivity (Wildman–Crippen MR) is 100 cm³/mol. The maximum Gasteiger partial charge on any atom is 0.407 e. The van der Waals surface area contributed by atoms with Gasteiger partial charge in [-0.1, -0.05) is 0 Å². The molecule has 0 saturated heterocycles. The number of nitrogens with two attached hydrogens (primary N) is 2. The molecule has 1 amide bonds. The van der Waals surface area contributed by atoms with Crippen LogP contribution in [-0.4, -0.2) is 49.4 Å². The monoisotopic (exact) mass is 364 g/mol. The van der Waals surface area contributed by atoms with Gasteiger partial charge in [0.25, 0.3) is 0 Å². The molecule has 2 rings (SSSR count). The van der Waals surface area contributed by atoms with Gasteiger partial charge in [0.1, 0.15) is 0 Å². The average molecular weight is 365 g/mol. The maximum atomic E-state index is 10.8. The normalized spacial score (nSPS) is 29.4. The van der Waals surface area contributed by atoms with E-state index in [1.54, 1.807) is 6.82 Å². The fourth-order valence-corrected chi connectivity index (χ4v) is 3.12. The van der Waals surface area contributed by atoms with Crippen molar-refractivity contribution in [1.82, 2.24) is 10.5 Å². The zero-order chi connectivity index (χ0) is 17.2. The van der Waals surface area contributed by atoms with Gasteiger partial charge in [0.05, 0.1) is 7.11 Å². The SMILES string of the molecule is CB(O)NC1CCC(N)CC1.COC(=O)NC1CCC(N)CC1.Cl. The minimum absolute atomic E-state index is 0. The number of amides is 1. The van der Waals surface area contributed by atoms with Gasteiger partial charge in [-0.25, -0.2) is 4.79 Å². The van der Waals surface area contributed by atoms with E-state index < -0.39 is 0 Å². The minimum atomic E-state index is -0.380. The second-order valence-electron chi connectivity index (χ2n) is 6.70. The molecule has 0 aromatic rings. The zero-order valence-electron chi connectivity index (χ0n) is 14.9. The van der Waals surface area contributed by atoms with E-state index in [1.807, 2.05) is 0 Å². The smallest absolute Gasteiger partial charge is 0.407 e. The molecule has 0 radical (unpaired) electrons. The van der Waals surface area contributed by atoms with Gasteiger partial charge >= 0.3 is 13.1 Å². The Morgan fingerprint density at radius 1 is 1.00 bits per heavy atom. The first-order valence-corrected chi connectivity index (χ1v) is 8.70. The van der Waals surface area contributed by atoms with Crippen molar-refractivity contribution in [3.05, 3.63) is 0 Å². The van der Waals surface area contributed by atoms with Crippen molar-refractivity contribution in [1.29, 1.82) is 0 Å². The first kappa shape index (κ1) is 23.5. The molecule has 24 heavy (non-hydrogen) atoms. The number of methoxy groups -OCH3 is 1. The number of rotatable bonds is 3. The van der Waals surface area contributed by atoms with Crippen LogP contribution in [0.3, 0.4) is 0 Å². The Kier molecular flexibility index (Phi) is 12.5. The second-order valence-corrected chi connectivity index (χ2v) is 6.70. The number of carbonyl (C=O) groups is 1. The highest BCUT2D eigenvalue weighted by molar-refractivity contribution is 6.45. The number of hydrogen-bond acceptors (Lipinski definition) is 6. The summed E-state index contributed by atoms with van der Waals surface area (Å²) < 4.78 is 4.50. The molecule has 0 spiro atoms. The van der Waals surface area contributed by atoms with Gasteiger partial charge in [0.15, 0.2) is 0 Å². The van der Waals surface area contributed by atoms with Gasteiger partial charge in [-0.3, -0.25) is 0 Å². The van der Waals surface area contributed by atoms with Gasteiger partial charge in [-0.15, -0.1) is 12.4 Å². The molecular formula is C15H34BClN4O3. The van der Waals surface area contributed by atoms with Crippen LogP contribution in [0.4, 0.5) is 4.79 Å². The zero-order valence-corrected chi connectivity index (χ0v) is 15.7. The number of nitrogens with one attached hydrogen (secondary N) is 2. The Labute approximate surface area is 152 Å². The summed E-state index contributed by atoms with van der Waals surface area (Å²) in [5.41, 5.74) is 11.5. The van der Waals surface area contributed by atoms with E-state index in [1.165, 1.54) is 7.11 Å². The fourth-order valence-electron chi connectivity index (χ4n) is 3.12. The number of ether oxygens (including phenoxy) is 1. The van der Waals surface area contributed by atoms with Crippen molar-refractivity contribution in [2.75, 3.05) is 7.11 Å². The third-order valence-corrected chi connectivity index (χ3v) is 4.53. The Morgan fingerprint density at radius 3 is 1.79 bits per heavy atom. The van der Waals surface area contributed by atoms with Crippen LogP contribution in [0.5, 0.6) is 0 Å². The average Bonchev–Trinajstić information content (AvgIpc) is 2.52. The molecule has 0 atom stereocenters. The molecule has 7 N–H and O–H groups in total. The van der Waals surface area contributed by atoms with Crippen molar-refractivity contribution in [2.24, 2.45) is 11.5 Å². The van der Waals surface area contributed by atoms with Crippen LogP contribution in [0.15, 0.2) is 0 Å². The molecule has 0 unspecified atom stereocenters. The third-order valence-electron chi connectivity index (χ3n) is 4.53. The third kappa shape index (κ3) is 10.4. The molecule has 0 aliphatic heterocycles. The van der Waals surface area contributed by atoms with E-state index in [2.05, 4.69) is 15.3 Å². The molecule has 2 saturated carbocycles. The molecule has 0 aromatic heterocycles. The summed E-state index contributed by atoms with van der Waals surface area (Å²) >= 11 is 0. The Balaban J connectivity index is 0.000000425. The van der Waals surface area contributed by atoms with Crippen molar-refractivity contribution in [3.63, 3.8) is 0 Å². The molecule has 0 bridgehead atoms. The van der Waals surface area contributed by atoms with Crippen LogP contribution in [-0.2, 0) is 4.74 Å². The molecule has 9 heteroatoms. The van der Waals surface area contributed by atoms with Crippen molar-refractivity contribution < 1.29 is 14.6 Å². The van der Waals surface area contributed by atoms with Gasteiger partial charge in [0.2, 0.25) is 0 Å². The highest BCUT2D eigenvalue weighted by Gasteiger charge is 2.20. The first-order valence-electron chi connectivity index (χ1n) is 8.70. The van der Waals surface area contributed by atoms with Crippen molar-refractivity contribution >= 4 is 25.6 Å². The lowest BCUT2D eigenvalue weighted by Gasteiger charge is -2.27. The second kappa shape index (κ2) is 12.8. The lowest BCUT2D eigenvalue weighted by Crippen LogP contribution is -2.43. The van der Waals surface area contributed by atoms with Crippen LogP contribution in [0.25, 0.3) is 0 Å². The molecule has 0 heterocycles. The van der Waals surface area contributed by atoms with E-state index in [0.29, 0.717) is 18.1 Å². The number of carbonyl (C=O) groups excluding carboxylic acids is 1. The number of halogens is 1. The Bertz CT molecular complexity index is 337. The van der Waals surface area contributed by atoms with Gasteiger partial charge in [-0.05, 0) is 64.2 Å². The van der Waals surface area contributed by atoms with Crippen LogP contribution in [0.2, 0.25) is 6.82 Å². The summed E-state index contributed by atoms with van der Waals surface area (Å²) in [5, 5.41) is 14.9. The molecule has 0 aromatic carbocycles. The first-order chi connectivity index (χ1) is 10.9. The topological polar surface area (TPSA) is 123 Å². The summed E-state index contributed by atoms with van der Waals surface area (Å²) in [7, 11) is 0.999. The Morgan fingerprint density at radius 2 is 1.42 bits per heavy atom. The van der Waals surface area contributed by atoms with Crippen LogP contribution >= 0.6 is 12.4 Å². The molecule has 2 aliphatic rings. The fraction of sp³-hybridized carbons (Fsp3) is 0.933. The van der Waals surface area contributed by atoms with Crippen molar-refractivity contribution in [3.8, 4) is 0 Å². The van der Waals surface area contributed by atoms with Gasteiger partial charge < -0.3 is 31.8 Å². The van der Waals surface area contributed by atoms with Gasteiger partial charge in [-0.2, -0.15) is 0 Å². The number of alkyl carbamates (subject to hydrolysis) is 1. The quantitative estimate of drug-likeness (QED) is 0.476. The molecule has 2 fully saturated rings. The van der Waals surface area contributed by atoms with Crippen LogP contribution in [0.1, 0.15) is 51.4 Å². The standard InChI is InChI=1S/C8H16N2O2.C7H17BN2O.ClH/c1-12-8(11)10-7-4-2-6(9)3-5-7;1-8(11)10-7-4-2-6(9)3-5-7;/h6-7H,2-5,9H2,1H3,(H,10,11);6-7,10-11H,2-5,9H2,1H3;1H.